The highest BCUT2D eigenvalue weighted by Gasteiger charge is 2.21. The highest BCUT2D eigenvalue weighted by molar-refractivity contribution is 7.89. The number of rotatable bonds is 9. The molecule has 1 aromatic rings. The largest absolute Gasteiger partial charge is 0.357 e. The summed E-state index contributed by atoms with van der Waals surface area (Å²) >= 11 is 0. The Morgan fingerprint density at radius 1 is 1.15 bits per heavy atom. The van der Waals surface area contributed by atoms with E-state index in [-0.39, 0.29) is 11.7 Å². The molecule has 0 bridgehead atoms. The second kappa shape index (κ2) is 10.3. The zero-order chi connectivity index (χ0) is 19.7. The Hall–Kier alpha value is -2.13. The summed E-state index contributed by atoms with van der Waals surface area (Å²) in [7, 11) is -3.18. The predicted molar refractivity (Wildman–Crippen MR) is 108 cm³/mol. The first-order chi connectivity index (χ1) is 12.9. The lowest BCUT2D eigenvalue weighted by molar-refractivity contribution is -0.117. The highest BCUT2D eigenvalue weighted by atomic mass is 32.2. The monoisotopic (exact) mass is 395 g/mol. The van der Waals surface area contributed by atoms with Crippen molar-refractivity contribution in [2.24, 2.45) is 4.99 Å². The molecule has 0 unspecified atom stereocenters. The van der Waals surface area contributed by atoms with Gasteiger partial charge in [-0.2, -0.15) is 0 Å². The van der Waals surface area contributed by atoms with E-state index in [1.165, 1.54) is 0 Å². The fourth-order valence-corrected chi connectivity index (χ4v) is 3.32. The van der Waals surface area contributed by atoms with E-state index in [1.54, 1.807) is 6.92 Å². The van der Waals surface area contributed by atoms with Crippen molar-refractivity contribution >= 4 is 27.6 Å². The van der Waals surface area contributed by atoms with Crippen molar-refractivity contribution in [3.05, 3.63) is 29.8 Å². The third-order valence-corrected chi connectivity index (χ3v) is 5.61. The van der Waals surface area contributed by atoms with E-state index in [4.69, 9.17) is 0 Å². The van der Waals surface area contributed by atoms with E-state index in [0.717, 1.165) is 24.2 Å². The van der Waals surface area contributed by atoms with E-state index < -0.39 is 10.0 Å². The summed E-state index contributed by atoms with van der Waals surface area (Å²) < 4.78 is 25.3. The van der Waals surface area contributed by atoms with Gasteiger partial charge in [0.25, 0.3) is 0 Å². The van der Waals surface area contributed by atoms with Crippen LogP contribution in [0.2, 0.25) is 0 Å². The molecule has 9 heteroatoms. The first-order valence-electron chi connectivity index (χ1n) is 9.34. The molecular formula is C18H29N5O3S. The molecule has 3 N–H and O–H groups in total. The van der Waals surface area contributed by atoms with E-state index in [0.29, 0.717) is 38.6 Å². The number of aliphatic imine (C=N–C) groups is 1. The average molecular weight is 396 g/mol. The van der Waals surface area contributed by atoms with Crippen molar-refractivity contribution in [3.63, 3.8) is 0 Å². The maximum atomic E-state index is 11.8. The number of nitrogens with one attached hydrogen (secondary N) is 3. The fourth-order valence-electron chi connectivity index (χ4n) is 2.70. The molecule has 150 valence electrons. The van der Waals surface area contributed by atoms with Crippen LogP contribution in [0.25, 0.3) is 0 Å². The van der Waals surface area contributed by atoms with Crippen molar-refractivity contribution in [1.29, 1.82) is 0 Å². The van der Waals surface area contributed by atoms with Gasteiger partial charge in [-0.3, -0.25) is 4.79 Å². The summed E-state index contributed by atoms with van der Waals surface area (Å²) in [5.74, 6) is 0.880. The minimum atomic E-state index is -3.18. The molecule has 0 spiro atoms. The summed E-state index contributed by atoms with van der Waals surface area (Å²) in [6.45, 7) is 6.31. The molecule has 1 saturated heterocycles. The van der Waals surface area contributed by atoms with Crippen molar-refractivity contribution in [2.75, 3.05) is 36.8 Å². The van der Waals surface area contributed by atoms with Gasteiger partial charge in [0, 0.05) is 38.3 Å². The van der Waals surface area contributed by atoms with Crippen LogP contribution in [0.15, 0.2) is 29.3 Å². The summed E-state index contributed by atoms with van der Waals surface area (Å²) in [5.41, 5.74) is 1.97. The van der Waals surface area contributed by atoms with Crippen molar-refractivity contribution < 1.29 is 13.2 Å². The molecule has 27 heavy (non-hydrogen) atoms. The Balaban J connectivity index is 1.87. The molecule has 0 radical (unpaired) electrons. The SMILES string of the molecule is CCNC(=NCc1ccc(N2CCCC2=O)cc1)NCCNS(=O)(=O)CC. The van der Waals surface area contributed by atoms with Gasteiger partial charge < -0.3 is 15.5 Å². The molecule has 8 nitrogen and oxygen atoms in total. The minimum absolute atomic E-state index is 0.0696. The summed E-state index contributed by atoms with van der Waals surface area (Å²) in [5, 5.41) is 6.24. The minimum Gasteiger partial charge on any atom is -0.357 e. The van der Waals surface area contributed by atoms with Crippen LogP contribution >= 0.6 is 0 Å². The van der Waals surface area contributed by atoms with Crippen LogP contribution in [0.3, 0.4) is 0 Å². The summed E-state index contributed by atoms with van der Waals surface area (Å²) in [6, 6.07) is 7.86. The number of anilines is 1. The molecule has 0 saturated carbocycles. The zero-order valence-corrected chi connectivity index (χ0v) is 16.8. The smallest absolute Gasteiger partial charge is 0.227 e. The van der Waals surface area contributed by atoms with E-state index in [9.17, 15) is 13.2 Å². The molecule has 1 aromatic carbocycles. The van der Waals surface area contributed by atoms with Crippen LogP contribution < -0.4 is 20.3 Å². The Bertz CT molecular complexity index is 747. The Morgan fingerprint density at radius 2 is 1.89 bits per heavy atom. The first kappa shape index (κ1) is 21.2. The molecule has 1 heterocycles. The van der Waals surface area contributed by atoms with Crippen LogP contribution in [0, 0.1) is 0 Å². The van der Waals surface area contributed by atoms with E-state index >= 15 is 0 Å². The normalized spacial score (nSPS) is 15.3. The Kier molecular flexibility index (Phi) is 8.05. The third-order valence-electron chi connectivity index (χ3n) is 4.20. The summed E-state index contributed by atoms with van der Waals surface area (Å²) in [4.78, 5) is 18.1. The lowest BCUT2D eigenvalue weighted by Crippen LogP contribution is -2.41. The number of carbonyl (C=O) groups is 1. The van der Waals surface area contributed by atoms with Crippen molar-refractivity contribution in [3.8, 4) is 0 Å². The number of benzene rings is 1. The van der Waals surface area contributed by atoms with Gasteiger partial charge in [-0.1, -0.05) is 12.1 Å². The van der Waals surface area contributed by atoms with Gasteiger partial charge in [0.15, 0.2) is 5.96 Å². The summed E-state index contributed by atoms with van der Waals surface area (Å²) in [6.07, 6.45) is 1.54. The molecule has 0 aromatic heterocycles. The Morgan fingerprint density at radius 3 is 2.48 bits per heavy atom. The maximum absolute atomic E-state index is 11.8. The average Bonchev–Trinajstić information content (AvgIpc) is 3.09. The predicted octanol–water partition coefficient (Wildman–Crippen LogP) is 0.808. The Labute approximate surface area is 161 Å². The van der Waals surface area contributed by atoms with Gasteiger partial charge in [-0.15, -0.1) is 0 Å². The number of hydrogen-bond acceptors (Lipinski definition) is 4. The second-order valence-electron chi connectivity index (χ2n) is 6.24. The van der Waals surface area contributed by atoms with Gasteiger partial charge in [-0.05, 0) is 38.0 Å². The van der Waals surface area contributed by atoms with Crippen LogP contribution in [0.5, 0.6) is 0 Å². The van der Waals surface area contributed by atoms with Gasteiger partial charge in [-0.25, -0.2) is 18.1 Å². The van der Waals surface area contributed by atoms with E-state index in [2.05, 4.69) is 20.3 Å². The topological polar surface area (TPSA) is 103 Å². The molecule has 0 aliphatic carbocycles. The van der Waals surface area contributed by atoms with Gasteiger partial charge in [0.2, 0.25) is 15.9 Å². The third kappa shape index (κ3) is 6.84. The van der Waals surface area contributed by atoms with Crippen molar-refractivity contribution in [2.45, 2.75) is 33.2 Å². The molecule has 1 amide bonds. The van der Waals surface area contributed by atoms with Gasteiger partial charge >= 0.3 is 0 Å². The molecular weight excluding hydrogens is 366 g/mol. The molecule has 1 fully saturated rings. The first-order valence-corrected chi connectivity index (χ1v) is 11.0. The zero-order valence-electron chi connectivity index (χ0n) is 16.0. The molecule has 2 rings (SSSR count). The lowest BCUT2D eigenvalue weighted by atomic mass is 10.2. The number of guanidine groups is 1. The quantitative estimate of drug-likeness (QED) is 0.326. The fraction of sp³-hybridized carbons (Fsp3) is 0.556. The van der Waals surface area contributed by atoms with Crippen LogP contribution in [0.1, 0.15) is 32.3 Å². The van der Waals surface area contributed by atoms with Crippen LogP contribution in [0.4, 0.5) is 5.69 Å². The molecule has 0 atom stereocenters. The number of carbonyl (C=O) groups excluding carboxylic acids is 1. The standard InChI is InChI=1S/C18H29N5O3S/c1-3-19-18(20-11-12-22-27(25,26)4-2)21-14-15-7-9-16(10-8-15)23-13-5-6-17(23)24/h7-10,22H,3-6,11-14H2,1-2H3,(H2,19,20,21). The van der Waals surface area contributed by atoms with Crippen LogP contribution in [-0.2, 0) is 21.4 Å². The number of hydrogen-bond donors (Lipinski definition) is 3. The van der Waals surface area contributed by atoms with Crippen molar-refractivity contribution in [1.82, 2.24) is 15.4 Å². The lowest BCUT2D eigenvalue weighted by Gasteiger charge is -2.16. The molecule has 1 aliphatic heterocycles. The number of nitrogens with zero attached hydrogens (tertiary/aromatic N) is 2. The number of amides is 1. The van der Waals surface area contributed by atoms with E-state index in [1.807, 2.05) is 36.1 Å². The second-order valence-corrected chi connectivity index (χ2v) is 8.33. The highest BCUT2D eigenvalue weighted by Crippen LogP contribution is 2.21. The molecule has 1 aliphatic rings. The number of sulfonamides is 1. The maximum Gasteiger partial charge on any atom is 0.227 e. The van der Waals surface area contributed by atoms with Gasteiger partial charge in [0.05, 0.1) is 12.3 Å². The van der Waals surface area contributed by atoms with Crippen LogP contribution in [-0.4, -0.2) is 52.2 Å². The van der Waals surface area contributed by atoms with Gasteiger partial charge in [0.1, 0.15) is 0 Å².